The second-order valence-electron chi connectivity index (χ2n) is 5.87. The molecule has 124 valence electrons. The number of hydrogen-bond donors (Lipinski definition) is 2. The molecule has 22 heavy (non-hydrogen) atoms. The zero-order valence-corrected chi connectivity index (χ0v) is 14.7. The third-order valence-corrected chi connectivity index (χ3v) is 4.77. The Morgan fingerprint density at radius 1 is 1.36 bits per heavy atom. The van der Waals surface area contributed by atoms with Gasteiger partial charge in [-0.1, -0.05) is 11.6 Å². The number of ether oxygens (including phenoxy) is 2. The van der Waals surface area contributed by atoms with Crippen molar-refractivity contribution in [2.24, 2.45) is 0 Å². The van der Waals surface area contributed by atoms with Gasteiger partial charge in [0.25, 0.3) is 0 Å². The van der Waals surface area contributed by atoms with Crippen molar-refractivity contribution >= 4 is 11.6 Å². The summed E-state index contributed by atoms with van der Waals surface area (Å²) in [7, 11) is 1.62. The molecule has 2 rings (SSSR count). The van der Waals surface area contributed by atoms with E-state index in [2.05, 4.69) is 12.2 Å². The maximum Gasteiger partial charge on any atom is 0.179 e. The van der Waals surface area contributed by atoms with Crippen LogP contribution in [0.25, 0.3) is 0 Å². The lowest BCUT2D eigenvalue weighted by Gasteiger charge is -2.18. The molecule has 4 nitrogen and oxygen atoms in total. The van der Waals surface area contributed by atoms with Crippen LogP contribution in [0.5, 0.6) is 11.5 Å². The molecule has 1 heterocycles. The summed E-state index contributed by atoms with van der Waals surface area (Å²) in [5.74, 6) is 1.37. The summed E-state index contributed by atoms with van der Waals surface area (Å²) in [5, 5.41) is 3.01. The molecule has 1 aliphatic rings. The molecule has 0 aliphatic carbocycles. The van der Waals surface area contributed by atoms with E-state index >= 15 is 0 Å². The second-order valence-corrected chi connectivity index (χ2v) is 6.28. The molecule has 1 fully saturated rings. The first-order valence-electron chi connectivity index (χ1n) is 8.35. The SMILES string of the molecule is CCOc1cc(C[NH2+]C[C@@H]2CCC[NH+]2CC)cc(Cl)c1OC. The van der Waals surface area contributed by atoms with Crippen molar-refractivity contribution < 1.29 is 19.7 Å². The second kappa shape index (κ2) is 8.61. The molecule has 2 atom stereocenters. The zero-order valence-electron chi connectivity index (χ0n) is 14.0. The molecule has 0 bridgehead atoms. The zero-order chi connectivity index (χ0) is 15.9. The van der Waals surface area contributed by atoms with Gasteiger partial charge in [-0.15, -0.1) is 0 Å². The Morgan fingerprint density at radius 3 is 2.86 bits per heavy atom. The van der Waals surface area contributed by atoms with Gasteiger partial charge < -0.3 is 19.7 Å². The van der Waals surface area contributed by atoms with Gasteiger partial charge in [-0.2, -0.15) is 0 Å². The van der Waals surface area contributed by atoms with Gasteiger partial charge in [0.2, 0.25) is 0 Å². The van der Waals surface area contributed by atoms with Crippen molar-refractivity contribution in [1.29, 1.82) is 0 Å². The fourth-order valence-electron chi connectivity index (χ4n) is 3.39. The molecule has 0 amide bonds. The van der Waals surface area contributed by atoms with Crippen LogP contribution >= 0.6 is 11.6 Å². The standard InChI is InChI=1S/C17H27ClN2O2/c1-4-20-8-6-7-14(20)12-19-11-13-9-15(18)17(21-3)16(10-13)22-5-2/h9-10,14,19H,4-8,11-12H2,1-3H3/p+2/t14-/m0/s1. The van der Waals surface area contributed by atoms with Crippen molar-refractivity contribution in [1.82, 2.24) is 0 Å². The van der Waals surface area contributed by atoms with Crippen molar-refractivity contribution in [3.05, 3.63) is 22.7 Å². The third-order valence-electron chi connectivity index (χ3n) is 4.49. The molecule has 1 aromatic rings. The Hall–Kier alpha value is -0.970. The summed E-state index contributed by atoms with van der Waals surface area (Å²) >= 11 is 6.30. The molecular weight excluding hydrogens is 300 g/mol. The number of methoxy groups -OCH3 is 1. The molecule has 0 aromatic heterocycles. The molecule has 5 heteroatoms. The summed E-state index contributed by atoms with van der Waals surface area (Å²) < 4.78 is 11.0. The fraction of sp³-hybridized carbons (Fsp3) is 0.647. The predicted molar refractivity (Wildman–Crippen MR) is 89.1 cm³/mol. The molecular formula is C17H29ClN2O2+2. The minimum atomic E-state index is 0.608. The van der Waals surface area contributed by atoms with Crippen LogP contribution < -0.4 is 19.7 Å². The van der Waals surface area contributed by atoms with E-state index < -0.39 is 0 Å². The molecule has 0 radical (unpaired) electrons. The van der Waals surface area contributed by atoms with Crippen LogP contribution in [0.15, 0.2) is 12.1 Å². The summed E-state index contributed by atoms with van der Waals surface area (Å²) in [6.07, 6.45) is 2.72. The summed E-state index contributed by atoms with van der Waals surface area (Å²) in [6, 6.07) is 4.83. The number of halogens is 1. The van der Waals surface area contributed by atoms with Gasteiger partial charge in [0.05, 0.1) is 31.8 Å². The Morgan fingerprint density at radius 2 is 2.18 bits per heavy atom. The quantitative estimate of drug-likeness (QED) is 0.743. The van der Waals surface area contributed by atoms with E-state index in [-0.39, 0.29) is 0 Å². The van der Waals surface area contributed by atoms with Gasteiger partial charge in [0.15, 0.2) is 11.5 Å². The van der Waals surface area contributed by atoms with E-state index in [1.165, 1.54) is 38.0 Å². The van der Waals surface area contributed by atoms with E-state index in [9.17, 15) is 0 Å². The number of benzene rings is 1. The number of rotatable bonds is 8. The highest BCUT2D eigenvalue weighted by Crippen LogP contribution is 2.36. The van der Waals surface area contributed by atoms with Crippen LogP contribution in [0.3, 0.4) is 0 Å². The van der Waals surface area contributed by atoms with E-state index in [0.717, 1.165) is 18.3 Å². The van der Waals surface area contributed by atoms with Crippen molar-refractivity contribution in [3.8, 4) is 11.5 Å². The van der Waals surface area contributed by atoms with Gasteiger partial charge in [-0.05, 0) is 26.0 Å². The van der Waals surface area contributed by atoms with Crippen molar-refractivity contribution in [2.45, 2.75) is 39.3 Å². The van der Waals surface area contributed by atoms with Gasteiger partial charge in [-0.3, -0.25) is 0 Å². The molecule has 1 saturated heterocycles. The van der Waals surface area contributed by atoms with E-state index in [1.54, 1.807) is 12.0 Å². The molecule has 0 spiro atoms. The maximum atomic E-state index is 6.30. The molecule has 1 aliphatic heterocycles. The lowest BCUT2D eigenvalue weighted by Crippen LogP contribution is -3.16. The highest BCUT2D eigenvalue weighted by molar-refractivity contribution is 6.32. The maximum absolute atomic E-state index is 6.30. The van der Waals surface area contributed by atoms with Crippen LogP contribution in [0, 0.1) is 0 Å². The molecule has 3 N–H and O–H groups in total. The smallest absolute Gasteiger partial charge is 0.179 e. The first-order chi connectivity index (χ1) is 10.7. The van der Waals surface area contributed by atoms with Crippen molar-refractivity contribution in [2.75, 3.05) is 33.4 Å². The Balaban J connectivity index is 1.95. The number of hydrogen-bond acceptors (Lipinski definition) is 2. The summed E-state index contributed by atoms with van der Waals surface area (Å²) in [4.78, 5) is 1.75. The van der Waals surface area contributed by atoms with Crippen molar-refractivity contribution in [3.63, 3.8) is 0 Å². The number of nitrogens with one attached hydrogen (secondary N) is 1. The number of likely N-dealkylation sites (N-methyl/N-ethyl adjacent to an activating group) is 1. The van der Waals surface area contributed by atoms with Gasteiger partial charge in [-0.25, -0.2) is 0 Å². The first kappa shape index (κ1) is 17.4. The topological polar surface area (TPSA) is 39.5 Å². The van der Waals surface area contributed by atoms with Gasteiger partial charge >= 0.3 is 0 Å². The Bertz CT molecular complexity index is 482. The van der Waals surface area contributed by atoms with E-state index in [0.29, 0.717) is 17.4 Å². The summed E-state index contributed by atoms with van der Waals surface area (Å²) in [6.45, 7) is 9.53. The predicted octanol–water partition coefficient (Wildman–Crippen LogP) is 0.878. The highest BCUT2D eigenvalue weighted by Gasteiger charge is 2.28. The van der Waals surface area contributed by atoms with E-state index in [4.69, 9.17) is 21.1 Å². The molecule has 1 unspecified atom stereocenters. The number of nitrogens with two attached hydrogens (primary N) is 1. The Kier molecular flexibility index (Phi) is 6.80. The van der Waals surface area contributed by atoms with Gasteiger partial charge in [0.1, 0.15) is 19.1 Å². The first-order valence-corrected chi connectivity index (χ1v) is 8.72. The molecule has 0 saturated carbocycles. The lowest BCUT2D eigenvalue weighted by molar-refractivity contribution is -0.925. The van der Waals surface area contributed by atoms with Crippen LogP contribution in [-0.4, -0.2) is 39.4 Å². The van der Waals surface area contributed by atoms with Crippen LogP contribution in [0.1, 0.15) is 32.3 Å². The van der Waals surface area contributed by atoms with Crippen LogP contribution in [0.2, 0.25) is 5.02 Å². The van der Waals surface area contributed by atoms with Gasteiger partial charge in [0, 0.05) is 18.4 Å². The largest absolute Gasteiger partial charge is 0.491 e. The number of likely N-dealkylation sites (tertiary alicyclic amines) is 1. The number of quaternary nitrogens is 2. The van der Waals surface area contributed by atoms with Crippen LogP contribution in [0.4, 0.5) is 0 Å². The summed E-state index contributed by atoms with van der Waals surface area (Å²) in [5.41, 5.74) is 1.19. The average Bonchev–Trinajstić information content (AvgIpc) is 2.95. The van der Waals surface area contributed by atoms with E-state index in [1.807, 2.05) is 19.1 Å². The minimum Gasteiger partial charge on any atom is -0.491 e. The monoisotopic (exact) mass is 328 g/mol. The Labute approximate surface area is 138 Å². The molecule has 1 aromatic carbocycles. The third kappa shape index (κ3) is 4.28. The lowest BCUT2D eigenvalue weighted by atomic mass is 10.1. The van der Waals surface area contributed by atoms with Crippen LogP contribution in [-0.2, 0) is 6.54 Å². The average molecular weight is 329 g/mol. The highest BCUT2D eigenvalue weighted by atomic mass is 35.5. The fourth-order valence-corrected chi connectivity index (χ4v) is 3.70. The minimum absolute atomic E-state index is 0.608. The normalized spacial score (nSPS) is 21.1.